The van der Waals surface area contributed by atoms with Crippen LogP contribution in [-0.2, 0) is 6.54 Å². The highest BCUT2D eigenvalue weighted by Crippen LogP contribution is 2.34. The zero-order chi connectivity index (χ0) is 20.6. The Morgan fingerprint density at radius 2 is 2.03 bits per heavy atom. The summed E-state index contributed by atoms with van der Waals surface area (Å²) in [6.45, 7) is 4.46. The summed E-state index contributed by atoms with van der Waals surface area (Å²) < 4.78 is 29.3. The molecule has 6 nitrogen and oxygen atoms in total. The van der Waals surface area contributed by atoms with E-state index in [9.17, 15) is 8.78 Å². The minimum atomic E-state index is -2.73. The highest BCUT2D eigenvalue weighted by Gasteiger charge is 2.40. The molecule has 1 fully saturated rings. The average molecular weight is 439 g/mol. The number of fused-ring (bicyclic) bond motifs is 1. The second-order valence-electron chi connectivity index (χ2n) is 7.57. The van der Waals surface area contributed by atoms with Crippen LogP contribution in [-0.4, -0.2) is 49.7 Å². The van der Waals surface area contributed by atoms with Crippen LogP contribution < -0.4 is 4.90 Å². The van der Waals surface area contributed by atoms with Crippen molar-refractivity contribution in [1.82, 2.24) is 25.0 Å². The molecule has 1 aliphatic heterocycles. The highest BCUT2D eigenvalue weighted by atomic mass is 35.5. The minimum Gasteiger partial charge on any atom is -0.348 e. The topological polar surface area (TPSA) is 59.7 Å². The summed E-state index contributed by atoms with van der Waals surface area (Å²) in [6.07, 6.45) is -0.194. The standard InChI is InChI=1S/C19H21ClF2N6S/c1-12(2)10-29-18-23-16(27-8-7-19(21,22)11-27)15-17(24-18)28(26-25-15)9-13-5-3-4-6-14(13)20/h3-6,12H,7-11H2,1-2H3. The summed E-state index contributed by atoms with van der Waals surface area (Å²) in [6, 6.07) is 7.48. The molecule has 1 saturated heterocycles. The second kappa shape index (κ2) is 8.02. The quantitative estimate of drug-likeness (QED) is 0.416. The van der Waals surface area contributed by atoms with Crippen molar-refractivity contribution in [2.75, 3.05) is 23.7 Å². The van der Waals surface area contributed by atoms with Gasteiger partial charge in [0, 0.05) is 23.7 Å². The van der Waals surface area contributed by atoms with E-state index in [0.29, 0.717) is 39.6 Å². The molecule has 0 saturated carbocycles. The Kier molecular flexibility index (Phi) is 5.61. The van der Waals surface area contributed by atoms with Gasteiger partial charge in [0.1, 0.15) is 0 Å². The molecule has 0 unspecified atom stereocenters. The molecule has 2 aromatic heterocycles. The predicted molar refractivity (Wildman–Crippen MR) is 111 cm³/mol. The number of nitrogens with zero attached hydrogens (tertiary/aromatic N) is 6. The molecular weight excluding hydrogens is 418 g/mol. The van der Waals surface area contributed by atoms with Crippen molar-refractivity contribution in [2.24, 2.45) is 5.92 Å². The van der Waals surface area contributed by atoms with Gasteiger partial charge in [-0.3, -0.25) is 0 Å². The van der Waals surface area contributed by atoms with Crippen LogP contribution in [0.1, 0.15) is 25.8 Å². The minimum absolute atomic E-state index is 0.194. The van der Waals surface area contributed by atoms with Gasteiger partial charge < -0.3 is 4.90 Å². The Balaban J connectivity index is 1.75. The number of benzene rings is 1. The van der Waals surface area contributed by atoms with E-state index in [1.165, 1.54) is 11.8 Å². The van der Waals surface area contributed by atoms with Gasteiger partial charge in [-0.25, -0.2) is 23.4 Å². The third-order valence-electron chi connectivity index (χ3n) is 4.62. The molecular formula is C19H21ClF2N6S. The monoisotopic (exact) mass is 438 g/mol. The van der Waals surface area contributed by atoms with Crippen LogP contribution in [0.4, 0.5) is 14.6 Å². The molecule has 154 valence electrons. The van der Waals surface area contributed by atoms with Crippen LogP contribution in [0.15, 0.2) is 29.4 Å². The van der Waals surface area contributed by atoms with E-state index in [1.807, 2.05) is 24.3 Å². The van der Waals surface area contributed by atoms with Crippen LogP contribution in [0.2, 0.25) is 5.02 Å². The van der Waals surface area contributed by atoms with Gasteiger partial charge in [0.25, 0.3) is 5.92 Å². The van der Waals surface area contributed by atoms with Gasteiger partial charge in [-0.15, -0.1) is 5.10 Å². The molecule has 4 rings (SSSR count). The molecule has 0 radical (unpaired) electrons. The lowest BCUT2D eigenvalue weighted by Gasteiger charge is -2.18. The first-order valence-corrected chi connectivity index (χ1v) is 10.8. The summed E-state index contributed by atoms with van der Waals surface area (Å²) >= 11 is 7.79. The van der Waals surface area contributed by atoms with E-state index in [-0.39, 0.29) is 19.5 Å². The van der Waals surface area contributed by atoms with Gasteiger partial charge in [-0.2, -0.15) is 0 Å². The van der Waals surface area contributed by atoms with Crippen molar-refractivity contribution in [3.63, 3.8) is 0 Å². The van der Waals surface area contributed by atoms with Crippen molar-refractivity contribution in [3.8, 4) is 0 Å². The first-order valence-electron chi connectivity index (χ1n) is 9.42. The van der Waals surface area contributed by atoms with Crippen LogP contribution in [0.25, 0.3) is 11.2 Å². The van der Waals surface area contributed by atoms with Crippen LogP contribution in [0.3, 0.4) is 0 Å². The molecule has 0 atom stereocenters. The van der Waals surface area contributed by atoms with Gasteiger partial charge in [0.2, 0.25) is 0 Å². The number of alkyl halides is 2. The molecule has 0 spiro atoms. The van der Waals surface area contributed by atoms with Crippen molar-refractivity contribution < 1.29 is 8.78 Å². The van der Waals surface area contributed by atoms with Gasteiger partial charge in [0.15, 0.2) is 22.1 Å². The normalized spacial score (nSPS) is 16.3. The van der Waals surface area contributed by atoms with Crippen molar-refractivity contribution in [1.29, 1.82) is 0 Å². The Morgan fingerprint density at radius 3 is 2.72 bits per heavy atom. The van der Waals surface area contributed by atoms with Gasteiger partial charge in [-0.05, 0) is 17.5 Å². The van der Waals surface area contributed by atoms with Crippen LogP contribution in [0.5, 0.6) is 0 Å². The van der Waals surface area contributed by atoms with Crippen LogP contribution in [0, 0.1) is 5.92 Å². The summed E-state index contributed by atoms with van der Waals surface area (Å²) in [5.74, 6) is -1.03. The maximum Gasteiger partial charge on any atom is 0.266 e. The molecule has 29 heavy (non-hydrogen) atoms. The Hall–Kier alpha value is -2.00. The number of aromatic nitrogens is 5. The fourth-order valence-corrected chi connectivity index (χ4v) is 4.14. The molecule has 10 heteroatoms. The lowest BCUT2D eigenvalue weighted by Crippen LogP contribution is -2.26. The maximum absolute atomic E-state index is 13.8. The molecule has 0 aliphatic carbocycles. The van der Waals surface area contributed by atoms with Gasteiger partial charge in [-0.1, -0.05) is 60.6 Å². The summed E-state index contributed by atoms with van der Waals surface area (Å²) in [7, 11) is 0. The number of halogens is 3. The number of hydrogen-bond donors (Lipinski definition) is 0. The van der Waals surface area contributed by atoms with Crippen molar-refractivity contribution in [2.45, 2.75) is 37.9 Å². The largest absolute Gasteiger partial charge is 0.348 e. The molecule has 3 heterocycles. The number of thioether (sulfide) groups is 1. The average Bonchev–Trinajstić information content (AvgIpc) is 3.24. The molecule has 1 aromatic carbocycles. The Labute approximate surface area is 176 Å². The zero-order valence-corrected chi connectivity index (χ0v) is 17.7. The molecule has 0 N–H and O–H groups in total. The zero-order valence-electron chi connectivity index (χ0n) is 16.1. The molecule has 3 aromatic rings. The smallest absolute Gasteiger partial charge is 0.266 e. The fourth-order valence-electron chi connectivity index (χ4n) is 3.16. The van der Waals surface area contributed by atoms with Crippen molar-refractivity contribution >= 4 is 40.3 Å². The Morgan fingerprint density at radius 1 is 1.24 bits per heavy atom. The first-order chi connectivity index (χ1) is 13.8. The third kappa shape index (κ3) is 4.45. The van der Waals surface area contributed by atoms with E-state index in [1.54, 1.807) is 9.58 Å². The van der Waals surface area contributed by atoms with Crippen molar-refractivity contribution in [3.05, 3.63) is 34.9 Å². The van der Waals surface area contributed by atoms with E-state index in [4.69, 9.17) is 11.6 Å². The maximum atomic E-state index is 13.8. The number of hydrogen-bond acceptors (Lipinski definition) is 6. The predicted octanol–water partition coefficient (Wildman–Crippen LogP) is 4.52. The fraction of sp³-hybridized carbons (Fsp3) is 0.474. The van der Waals surface area contributed by atoms with Gasteiger partial charge in [0.05, 0.1) is 13.1 Å². The first kappa shape index (κ1) is 20.3. The second-order valence-corrected chi connectivity index (χ2v) is 8.97. The van der Waals surface area contributed by atoms with Gasteiger partial charge >= 0.3 is 0 Å². The van der Waals surface area contributed by atoms with E-state index < -0.39 is 5.92 Å². The van der Waals surface area contributed by atoms with Crippen LogP contribution >= 0.6 is 23.4 Å². The SMILES string of the molecule is CC(C)CSc1nc(N2CCC(F)(F)C2)c2nnn(Cc3ccccc3Cl)c2n1. The number of anilines is 1. The molecule has 0 bridgehead atoms. The molecule has 0 amide bonds. The summed E-state index contributed by atoms with van der Waals surface area (Å²) in [4.78, 5) is 10.8. The highest BCUT2D eigenvalue weighted by molar-refractivity contribution is 7.99. The third-order valence-corrected chi connectivity index (χ3v) is 6.26. The summed E-state index contributed by atoms with van der Waals surface area (Å²) in [5, 5.41) is 9.61. The molecule has 1 aliphatic rings. The lowest BCUT2D eigenvalue weighted by molar-refractivity contribution is 0.0257. The number of rotatable bonds is 6. The summed E-state index contributed by atoms with van der Waals surface area (Å²) in [5.41, 5.74) is 1.84. The van der Waals surface area contributed by atoms with E-state index in [2.05, 4.69) is 34.1 Å². The Bertz CT molecular complexity index is 1030. The van der Waals surface area contributed by atoms with E-state index >= 15 is 0 Å². The lowest BCUT2D eigenvalue weighted by atomic mass is 10.2. The van der Waals surface area contributed by atoms with E-state index in [0.717, 1.165) is 11.3 Å².